The minimum atomic E-state index is -3.69. The molecule has 0 unspecified atom stereocenters. The molecule has 2 aromatic carbocycles. The smallest absolute Gasteiger partial charge is 0.331 e. The number of carbonyl (C=O) groups is 2. The highest BCUT2D eigenvalue weighted by Gasteiger charge is 2.31. The predicted octanol–water partition coefficient (Wildman–Crippen LogP) is 1.36. The number of benzene rings is 2. The van der Waals surface area contributed by atoms with E-state index in [0.717, 1.165) is 5.56 Å². The Labute approximate surface area is 169 Å². The molecule has 2 aromatic rings. The standard InChI is InChI=1S/C20H21N3O5S/c1-13(22-18-16-10-6-7-11-17(16)29(26,27)23-18)20(25)28-14(2)19(24)21-12-15-8-4-3-5-9-15/h3-11,13-14H,12H2,1-2H3,(H,21,24)(H,22,23)/t13-,14-/m0/s1. The average Bonchev–Trinajstić information content (AvgIpc) is 2.97. The zero-order chi connectivity index (χ0) is 21.0. The molecule has 2 N–H and O–H groups in total. The van der Waals surface area contributed by atoms with Crippen LogP contribution in [-0.2, 0) is 30.9 Å². The van der Waals surface area contributed by atoms with E-state index in [2.05, 4.69) is 15.0 Å². The number of fused-ring (bicyclic) bond motifs is 1. The van der Waals surface area contributed by atoms with Crippen molar-refractivity contribution in [2.45, 2.75) is 37.4 Å². The van der Waals surface area contributed by atoms with Crippen molar-refractivity contribution in [3.05, 3.63) is 65.7 Å². The fourth-order valence-corrected chi connectivity index (χ4v) is 3.97. The molecule has 0 spiro atoms. The monoisotopic (exact) mass is 415 g/mol. The highest BCUT2D eigenvalue weighted by Crippen LogP contribution is 2.22. The van der Waals surface area contributed by atoms with Crippen LogP contribution in [0.3, 0.4) is 0 Å². The fourth-order valence-electron chi connectivity index (χ4n) is 2.73. The zero-order valence-electron chi connectivity index (χ0n) is 16.0. The maximum absolute atomic E-state index is 12.3. The number of hydrogen-bond donors (Lipinski definition) is 2. The van der Waals surface area contributed by atoms with Gasteiger partial charge in [-0.25, -0.2) is 13.2 Å². The molecule has 2 atom stereocenters. The second-order valence-electron chi connectivity index (χ2n) is 6.54. The number of sulfonamides is 1. The number of amides is 1. The van der Waals surface area contributed by atoms with E-state index in [1.165, 1.54) is 19.9 Å². The van der Waals surface area contributed by atoms with Gasteiger partial charge in [-0.3, -0.25) is 14.5 Å². The topological polar surface area (TPSA) is 114 Å². The van der Waals surface area contributed by atoms with Crippen LogP contribution in [0, 0.1) is 0 Å². The van der Waals surface area contributed by atoms with E-state index in [4.69, 9.17) is 4.74 Å². The molecule has 0 aliphatic carbocycles. The summed E-state index contributed by atoms with van der Waals surface area (Å²) in [4.78, 5) is 28.7. The molecule has 0 aromatic heterocycles. The summed E-state index contributed by atoms with van der Waals surface area (Å²) in [5.74, 6) is -1.09. The first kappa shape index (κ1) is 20.5. The molecule has 1 amide bonds. The van der Waals surface area contributed by atoms with Gasteiger partial charge in [-0.2, -0.15) is 0 Å². The van der Waals surface area contributed by atoms with Gasteiger partial charge in [0.05, 0.1) is 4.90 Å². The molecular weight excluding hydrogens is 394 g/mol. The summed E-state index contributed by atoms with van der Waals surface area (Å²) < 4.78 is 31.7. The Bertz CT molecular complexity index is 1050. The van der Waals surface area contributed by atoms with E-state index in [9.17, 15) is 18.0 Å². The third-order valence-electron chi connectivity index (χ3n) is 4.30. The zero-order valence-corrected chi connectivity index (χ0v) is 16.8. The maximum atomic E-state index is 12.3. The first-order valence-electron chi connectivity index (χ1n) is 9.00. The van der Waals surface area contributed by atoms with Crippen molar-refractivity contribution in [3.8, 4) is 0 Å². The average molecular weight is 415 g/mol. The SMILES string of the molecule is C[C@H](N=C1NS(=O)(=O)c2ccccc21)C(=O)O[C@@H](C)C(=O)NCc1ccccc1. The minimum absolute atomic E-state index is 0.0752. The quantitative estimate of drug-likeness (QED) is 0.692. The van der Waals surface area contributed by atoms with Gasteiger partial charge in [0.25, 0.3) is 15.9 Å². The maximum Gasteiger partial charge on any atom is 0.331 e. The van der Waals surface area contributed by atoms with Crippen LogP contribution in [0.4, 0.5) is 0 Å². The Hall–Kier alpha value is -3.20. The van der Waals surface area contributed by atoms with Gasteiger partial charge in [0.2, 0.25) is 0 Å². The van der Waals surface area contributed by atoms with Crippen LogP contribution >= 0.6 is 0 Å². The third-order valence-corrected chi connectivity index (χ3v) is 5.70. The molecule has 0 saturated heterocycles. The fraction of sp³-hybridized carbons (Fsp3) is 0.250. The summed E-state index contributed by atoms with van der Waals surface area (Å²) in [5, 5.41) is 2.70. The number of nitrogens with zero attached hydrogens (tertiary/aromatic N) is 1. The lowest BCUT2D eigenvalue weighted by Crippen LogP contribution is -2.37. The van der Waals surface area contributed by atoms with Gasteiger partial charge in [0.1, 0.15) is 11.9 Å². The summed E-state index contributed by atoms with van der Waals surface area (Å²) in [7, 11) is -3.69. The predicted molar refractivity (Wildman–Crippen MR) is 107 cm³/mol. The van der Waals surface area contributed by atoms with Gasteiger partial charge >= 0.3 is 5.97 Å². The van der Waals surface area contributed by atoms with Crippen molar-refractivity contribution >= 4 is 27.7 Å². The molecule has 1 aliphatic heterocycles. The van der Waals surface area contributed by atoms with Crippen molar-refractivity contribution in [2.75, 3.05) is 0 Å². The number of carbonyl (C=O) groups excluding carboxylic acids is 2. The normalized spacial score (nSPS) is 17.7. The van der Waals surface area contributed by atoms with Gasteiger partial charge in [0, 0.05) is 12.1 Å². The van der Waals surface area contributed by atoms with Gasteiger partial charge < -0.3 is 10.1 Å². The number of rotatable bonds is 6. The molecule has 0 radical (unpaired) electrons. The lowest BCUT2D eigenvalue weighted by atomic mass is 10.2. The highest BCUT2D eigenvalue weighted by atomic mass is 32.2. The molecular formula is C20H21N3O5S. The van der Waals surface area contributed by atoms with Crippen LogP contribution in [0.25, 0.3) is 0 Å². The summed E-state index contributed by atoms with van der Waals surface area (Å²) >= 11 is 0. The molecule has 3 rings (SSSR count). The Kier molecular flexibility index (Phi) is 5.97. The van der Waals surface area contributed by atoms with E-state index in [1.54, 1.807) is 18.2 Å². The lowest BCUT2D eigenvalue weighted by molar-refractivity contribution is -0.155. The van der Waals surface area contributed by atoms with Gasteiger partial charge in [-0.15, -0.1) is 0 Å². The van der Waals surface area contributed by atoms with E-state index in [0.29, 0.717) is 12.1 Å². The summed E-state index contributed by atoms with van der Waals surface area (Å²) in [6.07, 6.45) is -1.01. The second-order valence-corrected chi connectivity index (χ2v) is 8.19. The largest absolute Gasteiger partial charge is 0.451 e. The summed E-state index contributed by atoms with van der Waals surface area (Å²) in [6, 6.07) is 14.7. The van der Waals surface area contributed by atoms with Crippen molar-refractivity contribution in [3.63, 3.8) is 0 Å². The molecule has 0 fully saturated rings. The van der Waals surface area contributed by atoms with E-state index in [1.807, 2.05) is 30.3 Å². The van der Waals surface area contributed by atoms with E-state index < -0.39 is 34.0 Å². The molecule has 9 heteroatoms. The third kappa shape index (κ3) is 4.80. The molecule has 0 bridgehead atoms. The van der Waals surface area contributed by atoms with Crippen LogP contribution < -0.4 is 10.0 Å². The van der Waals surface area contributed by atoms with Crippen LogP contribution in [0.5, 0.6) is 0 Å². The Balaban J connectivity index is 1.60. The van der Waals surface area contributed by atoms with E-state index >= 15 is 0 Å². The Morgan fingerprint density at radius 2 is 1.72 bits per heavy atom. The van der Waals surface area contributed by atoms with Crippen molar-refractivity contribution in [2.24, 2.45) is 4.99 Å². The van der Waals surface area contributed by atoms with Crippen LogP contribution in [0.2, 0.25) is 0 Å². The number of esters is 1. The van der Waals surface area contributed by atoms with Gasteiger partial charge in [-0.1, -0.05) is 42.5 Å². The molecule has 8 nitrogen and oxygen atoms in total. The van der Waals surface area contributed by atoms with Crippen molar-refractivity contribution in [1.82, 2.24) is 10.0 Å². The van der Waals surface area contributed by atoms with Crippen LogP contribution in [-0.4, -0.2) is 38.3 Å². The number of nitrogens with one attached hydrogen (secondary N) is 2. The van der Waals surface area contributed by atoms with Crippen molar-refractivity contribution < 1.29 is 22.7 Å². The number of hydrogen-bond acceptors (Lipinski definition) is 6. The first-order valence-corrected chi connectivity index (χ1v) is 10.5. The summed E-state index contributed by atoms with van der Waals surface area (Å²) in [6.45, 7) is 3.25. The minimum Gasteiger partial charge on any atom is -0.451 e. The van der Waals surface area contributed by atoms with E-state index in [-0.39, 0.29) is 10.7 Å². The summed E-state index contributed by atoms with van der Waals surface area (Å²) in [5.41, 5.74) is 1.31. The van der Waals surface area contributed by atoms with Gasteiger partial charge in [-0.05, 0) is 31.5 Å². The van der Waals surface area contributed by atoms with Crippen LogP contribution in [0.1, 0.15) is 25.0 Å². The first-order chi connectivity index (χ1) is 13.8. The Morgan fingerprint density at radius 1 is 1.07 bits per heavy atom. The second kappa shape index (κ2) is 8.44. The molecule has 152 valence electrons. The number of amidine groups is 1. The molecule has 0 saturated carbocycles. The highest BCUT2D eigenvalue weighted by molar-refractivity contribution is 7.90. The Morgan fingerprint density at radius 3 is 2.45 bits per heavy atom. The van der Waals surface area contributed by atoms with Crippen LogP contribution in [0.15, 0.2) is 64.5 Å². The lowest BCUT2D eigenvalue weighted by Gasteiger charge is -2.15. The number of ether oxygens (including phenoxy) is 1. The molecule has 1 heterocycles. The molecule has 1 aliphatic rings. The van der Waals surface area contributed by atoms with Gasteiger partial charge in [0.15, 0.2) is 6.10 Å². The number of aliphatic imine (C=N–C) groups is 1. The van der Waals surface area contributed by atoms with Crippen molar-refractivity contribution in [1.29, 1.82) is 0 Å². The molecule has 29 heavy (non-hydrogen) atoms.